The Labute approximate surface area is 179 Å². The third-order valence-electron chi connectivity index (χ3n) is 4.41. The van der Waals surface area contributed by atoms with Crippen molar-refractivity contribution in [2.45, 2.75) is 16.7 Å². The molecule has 0 saturated heterocycles. The number of hydrogen-bond donors (Lipinski definition) is 1. The van der Waals surface area contributed by atoms with Crippen molar-refractivity contribution in [2.24, 2.45) is 0 Å². The zero-order chi connectivity index (χ0) is 20.8. The molecule has 0 aliphatic heterocycles. The van der Waals surface area contributed by atoms with Gasteiger partial charge >= 0.3 is 0 Å². The quantitative estimate of drug-likeness (QED) is 0.249. The maximum absolute atomic E-state index is 12.3. The number of H-pyrrole nitrogens is 1. The van der Waals surface area contributed by atoms with Crippen molar-refractivity contribution in [3.63, 3.8) is 0 Å². The summed E-state index contributed by atoms with van der Waals surface area (Å²) < 4.78 is 24.6. The lowest BCUT2D eigenvalue weighted by atomic mass is 10.1. The van der Waals surface area contributed by atoms with Gasteiger partial charge < -0.3 is 4.98 Å². The van der Waals surface area contributed by atoms with Crippen molar-refractivity contribution in [2.75, 3.05) is 11.5 Å². The molecule has 0 bridgehead atoms. The Morgan fingerprint density at radius 2 is 1.47 bits per heavy atom. The first-order chi connectivity index (χ1) is 14.6. The highest BCUT2D eigenvalue weighted by molar-refractivity contribution is 7.99. The molecule has 0 radical (unpaired) electrons. The molecule has 30 heavy (non-hydrogen) atoms. The topological polar surface area (TPSA) is 88.6 Å². The summed E-state index contributed by atoms with van der Waals surface area (Å²) in [5, 5.41) is 0.645. The fraction of sp³-hybridized carbons (Fsp3) is 0.136. The molecule has 2 heterocycles. The predicted molar refractivity (Wildman–Crippen MR) is 119 cm³/mol. The Hall–Kier alpha value is -2.97. The number of imidazole rings is 1. The third-order valence-corrected chi connectivity index (χ3v) is 6.96. The van der Waals surface area contributed by atoms with Gasteiger partial charge in [-0.3, -0.25) is 0 Å². The zero-order valence-corrected chi connectivity index (χ0v) is 17.7. The van der Waals surface area contributed by atoms with Crippen molar-refractivity contribution >= 4 is 21.6 Å². The summed E-state index contributed by atoms with van der Waals surface area (Å²) in [6, 6.07) is 21.7. The van der Waals surface area contributed by atoms with Crippen LogP contribution in [0.2, 0.25) is 0 Å². The van der Waals surface area contributed by atoms with Crippen LogP contribution in [0.15, 0.2) is 89.4 Å². The van der Waals surface area contributed by atoms with E-state index in [-0.39, 0.29) is 10.9 Å². The molecule has 1 N–H and O–H groups in total. The Bertz CT molecular complexity index is 1140. The van der Waals surface area contributed by atoms with Crippen molar-refractivity contribution in [3.05, 3.63) is 79.1 Å². The predicted octanol–water partition coefficient (Wildman–Crippen LogP) is 4.49. The van der Waals surface area contributed by atoms with E-state index in [0.29, 0.717) is 12.2 Å². The third kappa shape index (κ3) is 4.77. The maximum atomic E-state index is 12.3. The van der Waals surface area contributed by atoms with Crippen LogP contribution in [0.1, 0.15) is 6.42 Å². The van der Waals surface area contributed by atoms with Gasteiger partial charge in [0, 0.05) is 29.3 Å². The van der Waals surface area contributed by atoms with Crippen molar-refractivity contribution in [1.29, 1.82) is 0 Å². The standard InChI is InChI=1S/C22H20N4O2S2/c27-30(28,22-23-13-7-14-24-22)16-8-15-29-21-25-19(17-9-3-1-4-10-17)20(26-21)18-11-5-2-6-12-18/h1-7,9-14H,8,15-16H2,(H,25,26). The fourth-order valence-corrected chi connectivity index (χ4v) is 5.14. The number of benzene rings is 2. The van der Waals surface area contributed by atoms with Gasteiger partial charge in [0.05, 0.1) is 17.1 Å². The number of thioether (sulfide) groups is 1. The number of aromatic nitrogens is 4. The van der Waals surface area contributed by atoms with Gasteiger partial charge in [0.1, 0.15) is 0 Å². The molecule has 2 aromatic heterocycles. The summed E-state index contributed by atoms with van der Waals surface area (Å²) in [5.74, 6) is 0.615. The second-order valence-electron chi connectivity index (χ2n) is 6.55. The van der Waals surface area contributed by atoms with E-state index in [9.17, 15) is 8.42 Å². The molecule has 0 aliphatic carbocycles. The van der Waals surface area contributed by atoms with Crippen molar-refractivity contribution in [3.8, 4) is 22.5 Å². The lowest BCUT2D eigenvalue weighted by Gasteiger charge is -2.02. The summed E-state index contributed by atoms with van der Waals surface area (Å²) in [6.07, 6.45) is 3.36. The molecular weight excluding hydrogens is 416 g/mol. The summed E-state index contributed by atoms with van der Waals surface area (Å²) >= 11 is 1.51. The molecule has 0 fully saturated rings. The molecule has 4 rings (SSSR count). The number of hydrogen-bond acceptors (Lipinski definition) is 6. The average Bonchev–Trinajstić information content (AvgIpc) is 3.23. The van der Waals surface area contributed by atoms with Crippen LogP contribution in [0.25, 0.3) is 22.5 Å². The lowest BCUT2D eigenvalue weighted by Crippen LogP contribution is -2.11. The highest BCUT2D eigenvalue weighted by atomic mass is 32.2. The molecule has 0 aliphatic rings. The minimum absolute atomic E-state index is 0.00179. The van der Waals surface area contributed by atoms with Gasteiger partial charge in [0.25, 0.3) is 0 Å². The van der Waals surface area contributed by atoms with E-state index < -0.39 is 9.84 Å². The summed E-state index contributed by atoms with van der Waals surface area (Å²) in [5.41, 5.74) is 3.92. The van der Waals surface area contributed by atoms with Gasteiger partial charge in [-0.25, -0.2) is 23.4 Å². The molecule has 4 aromatic rings. The van der Waals surface area contributed by atoms with E-state index in [4.69, 9.17) is 4.98 Å². The minimum atomic E-state index is -3.47. The number of sulfone groups is 1. The van der Waals surface area contributed by atoms with Crippen LogP contribution in [-0.2, 0) is 9.84 Å². The van der Waals surface area contributed by atoms with Crippen LogP contribution in [0.4, 0.5) is 0 Å². The normalized spacial score (nSPS) is 11.5. The van der Waals surface area contributed by atoms with Crippen LogP contribution >= 0.6 is 11.8 Å². The zero-order valence-electron chi connectivity index (χ0n) is 16.1. The first kappa shape index (κ1) is 20.3. The van der Waals surface area contributed by atoms with Crippen molar-refractivity contribution in [1.82, 2.24) is 19.9 Å². The van der Waals surface area contributed by atoms with E-state index in [1.807, 2.05) is 60.7 Å². The average molecular weight is 437 g/mol. The minimum Gasteiger partial charge on any atom is -0.332 e. The van der Waals surface area contributed by atoms with E-state index in [0.717, 1.165) is 27.7 Å². The van der Waals surface area contributed by atoms with Gasteiger partial charge in [-0.05, 0) is 12.5 Å². The van der Waals surface area contributed by atoms with E-state index >= 15 is 0 Å². The maximum Gasteiger partial charge on any atom is 0.246 e. The Morgan fingerprint density at radius 3 is 2.13 bits per heavy atom. The van der Waals surface area contributed by atoms with Crippen molar-refractivity contribution < 1.29 is 8.42 Å². The number of nitrogens with one attached hydrogen (secondary N) is 1. The van der Waals surface area contributed by atoms with Crippen LogP contribution in [0.3, 0.4) is 0 Å². The fourth-order valence-electron chi connectivity index (χ4n) is 2.99. The molecule has 0 saturated carbocycles. The van der Waals surface area contributed by atoms with Gasteiger partial charge in [-0.2, -0.15) is 0 Å². The molecule has 0 unspecified atom stereocenters. The molecule has 0 amide bonds. The number of aromatic amines is 1. The van der Waals surface area contributed by atoms with Gasteiger partial charge in [0.2, 0.25) is 15.0 Å². The smallest absolute Gasteiger partial charge is 0.246 e. The highest BCUT2D eigenvalue weighted by Gasteiger charge is 2.18. The Kier molecular flexibility index (Phi) is 6.25. The van der Waals surface area contributed by atoms with E-state index in [2.05, 4.69) is 15.0 Å². The summed E-state index contributed by atoms with van der Waals surface area (Å²) in [7, 11) is -3.47. The molecule has 2 aromatic carbocycles. The molecular formula is C22H20N4O2S2. The van der Waals surface area contributed by atoms with Crippen LogP contribution < -0.4 is 0 Å². The molecule has 152 valence electrons. The van der Waals surface area contributed by atoms with Crippen LogP contribution in [-0.4, -0.2) is 39.9 Å². The summed E-state index contributed by atoms with van der Waals surface area (Å²) in [6.45, 7) is 0. The second-order valence-corrected chi connectivity index (χ2v) is 9.64. The van der Waals surface area contributed by atoms with Gasteiger partial charge in [-0.15, -0.1) is 0 Å². The second kappa shape index (κ2) is 9.23. The molecule has 8 heteroatoms. The first-order valence-electron chi connectivity index (χ1n) is 9.47. The first-order valence-corrected chi connectivity index (χ1v) is 12.1. The van der Waals surface area contributed by atoms with E-state index in [1.165, 1.54) is 24.2 Å². The van der Waals surface area contributed by atoms with Gasteiger partial charge in [0.15, 0.2) is 5.16 Å². The van der Waals surface area contributed by atoms with Crippen LogP contribution in [0, 0.1) is 0 Å². The Morgan fingerprint density at radius 1 is 0.833 bits per heavy atom. The molecule has 0 atom stereocenters. The molecule has 0 spiro atoms. The monoisotopic (exact) mass is 436 g/mol. The number of rotatable bonds is 8. The van der Waals surface area contributed by atoms with E-state index in [1.54, 1.807) is 6.07 Å². The summed E-state index contributed by atoms with van der Waals surface area (Å²) in [4.78, 5) is 15.9. The highest BCUT2D eigenvalue weighted by Crippen LogP contribution is 2.32. The van der Waals surface area contributed by atoms with Gasteiger partial charge in [-0.1, -0.05) is 72.4 Å². The SMILES string of the molecule is O=S(=O)(CCCSc1nc(-c2ccccc2)c(-c2ccccc2)[nH]1)c1ncccn1. The largest absolute Gasteiger partial charge is 0.332 e. The number of nitrogens with zero attached hydrogens (tertiary/aromatic N) is 3. The lowest BCUT2D eigenvalue weighted by molar-refractivity contribution is 0.585. The molecule has 6 nitrogen and oxygen atoms in total. The van der Waals surface area contributed by atoms with Crippen LogP contribution in [0.5, 0.6) is 0 Å². The Balaban J connectivity index is 1.48.